The molecule has 0 atom stereocenters. The second kappa shape index (κ2) is 6.00. The van der Waals surface area contributed by atoms with Crippen molar-refractivity contribution >= 4 is 23.1 Å². The number of pyridine rings is 1. The summed E-state index contributed by atoms with van der Waals surface area (Å²) in [5.74, 6) is 0.865. The van der Waals surface area contributed by atoms with Crippen LogP contribution in [0.15, 0.2) is 30.5 Å². The maximum Gasteiger partial charge on any atom is 0.252 e. The lowest BCUT2D eigenvalue weighted by Gasteiger charge is -2.12. The number of amides is 1. The second-order valence-corrected chi connectivity index (χ2v) is 4.22. The molecule has 2 rings (SSSR count). The van der Waals surface area contributed by atoms with E-state index in [4.69, 9.17) is 20.9 Å². The zero-order chi connectivity index (χ0) is 15.4. The van der Waals surface area contributed by atoms with Gasteiger partial charge >= 0.3 is 0 Å². The van der Waals surface area contributed by atoms with Crippen molar-refractivity contribution in [2.24, 2.45) is 5.73 Å². The predicted molar refractivity (Wildman–Crippen MR) is 80.0 cm³/mol. The van der Waals surface area contributed by atoms with Gasteiger partial charge in [-0.1, -0.05) is 0 Å². The standard InChI is InChI=1S/C14H16N4O3/c1-20-11-4-3-9(6-12(11)21-2)18-14-10(13(16)19)5-8(15)7-17-14/h3-7H,15H2,1-2H3,(H2,16,19)(H,17,18). The highest BCUT2D eigenvalue weighted by molar-refractivity contribution is 5.99. The fourth-order valence-corrected chi connectivity index (χ4v) is 1.82. The van der Waals surface area contributed by atoms with E-state index in [1.54, 1.807) is 25.3 Å². The van der Waals surface area contributed by atoms with Gasteiger partial charge in [0.25, 0.3) is 5.91 Å². The minimum atomic E-state index is -0.613. The summed E-state index contributed by atoms with van der Waals surface area (Å²) in [6.45, 7) is 0. The number of carbonyl (C=O) groups excluding carboxylic acids is 1. The molecule has 1 aromatic heterocycles. The highest BCUT2D eigenvalue weighted by Gasteiger charge is 2.12. The number of primary amides is 1. The van der Waals surface area contributed by atoms with Gasteiger partial charge in [0.1, 0.15) is 5.82 Å². The van der Waals surface area contributed by atoms with Gasteiger partial charge in [-0.05, 0) is 18.2 Å². The number of benzene rings is 1. The van der Waals surface area contributed by atoms with Crippen molar-refractivity contribution < 1.29 is 14.3 Å². The molecular weight excluding hydrogens is 272 g/mol. The zero-order valence-corrected chi connectivity index (χ0v) is 11.7. The van der Waals surface area contributed by atoms with Crippen LogP contribution in [0, 0.1) is 0 Å². The van der Waals surface area contributed by atoms with Gasteiger partial charge in [0.2, 0.25) is 0 Å². The summed E-state index contributed by atoms with van der Waals surface area (Å²) in [7, 11) is 3.09. The van der Waals surface area contributed by atoms with E-state index >= 15 is 0 Å². The number of methoxy groups -OCH3 is 2. The molecule has 5 N–H and O–H groups in total. The van der Waals surface area contributed by atoms with Crippen LogP contribution in [0.5, 0.6) is 11.5 Å². The van der Waals surface area contributed by atoms with Gasteiger partial charge in [-0.25, -0.2) is 4.98 Å². The number of nitrogens with two attached hydrogens (primary N) is 2. The fraction of sp³-hybridized carbons (Fsp3) is 0.143. The third kappa shape index (κ3) is 3.14. The molecule has 1 amide bonds. The highest BCUT2D eigenvalue weighted by Crippen LogP contribution is 2.31. The van der Waals surface area contributed by atoms with E-state index in [0.29, 0.717) is 28.7 Å². The summed E-state index contributed by atoms with van der Waals surface area (Å²) < 4.78 is 10.4. The second-order valence-electron chi connectivity index (χ2n) is 4.22. The van der Waals surface area contributed by atoms with Crippen molar-refractivity contribution in [3.63, 3.8) is 0 Å². The van der Waals surface area contributed by atoms with Crippen molar-refractivity contribution in [1.29, 1.82) is 0 Å². The number of hydrogen-bond acceptors (Lipinski definition) is 6. The largest absolute Gasteiger partial charge is 0.493 e. The molecule has 0 fully saturated rings. The van der Waals surface area contributed by atoms with Crippen molar-refractivity contribution in [2.75, 3.05) is 25.3 Å². The Morgan fingerprint density at radius 3 is 2.52 bits per heavy atom. The molecule has 2 aromatic rings. The molecule has 0 radical (unpaired) electrons. The Kier molecular flexibility index (Phi) is 4.13. The minimum absolute atomic E-state index is 0.213. The lowest BCUT2D eigenvalue weighted by molar-refractivity contribution is 0.100. The molecule has 1 aromatic carbocycles. The molecular formula is C14H16N4O3. The van der Waals surface area contributed by atoms with Crippen LogP contribution in [-0.4, -0.2) is 25.1 Å². The first-order valence-corrected chi connectivity index (χ1v) is 6.09. The summed E-state index contributed by atoms with van der Waals surface area (Å²) in [4.78, 5) is 15.5. The Bertz CT molecular complexity index is 673. The number of carbonyl (C=O) groups is 1. The monoisotopic (exact) mass is 288 g/mol. The predicted octanol–water partition coefficient (Wildman–Crippen LogP) is 1.52. The summed E-state index contributed by atoms with van der Waals surface area (Å²) in [6.07, 6.45) is 1.44. The third-order valence-corrected chi connectivity index (χ3v) is 2.82. The summed E-state index contributed by atoms with van der Waals surface area (Å²) in [5.41, 5.74) is 12.2. The normalized spacial score (nSPS) is 10.0. The lowest BCUT2D eigenvalue weighted by atomic mass is 10.2. The average Bonchev–Trinajstić information content (AvgIpc) is 2.48. The van der Waals surface area contributed by atoms with Crippen LogP contribution >= 0.6 is 0 Å². The number of hydrogen-bond donors (Lipinski definition) is 3. The highest BCUT2D eigenvalue weighted by atomic mass is 16.5. The van der Waals surface area contributed by atoms with Crippen LogP contribution in [0.2, 0.25) is 0 Å². The van der Waals surface area contributed by atoms with E-state index in [9.17, 15) is 4.79 Å². The van der Waals surface area contributed by atoms with Gasteiger partial charge in [-0.2, -0.15) is 0 Å². The van der Waals surface area contributed by atoms with Crippen LogP contribution in [0.4, 0.5) is 17.2 Å². The SMILES string of the molecule is COc1ccc(Nc2ncc(N)cc2C(N)=O)cc1OC. The summed E-state index contributed by atoms with van der Waals surface area (Å²) in [6, 6.07) is 6.70. The third-order valence-electron chi connectivity index (χ3n) is 2.82. The van der Waals surface area contributed by atoms with Gasteiger partial charge in [0.05, 0.1) is 31.7 Å². The van der Waals surface area contributed by atoms with Crippen LogP contribution in [0.1, 0.15) is 10.4 Å². The van der Waals surface area contributed by atoms with Gasteiger partial charge in [0.15, 0.2) is 11.5 Å². The first kappa shape index (κ1) is 14.4. The Morgan fingerprint density at radius 2 is 1.90 bits per heavy atom. The van der Waals surface area contributed by atoms with Gasteiger partial charge in [-0.15, -0.1) is 0 Å². The first-order valence-electron chi connectivity index (χ1n) is 6.09. The molecule has 110 valence electrons. The average molecular weight is 288 g/mol. The lowest BCUT2D eigenvalue weighted by Crippen LogP contribution is -2.14. The van der Waals surface area contributed by atoms with Gasteiger partial charge in [0, 0.05) is 11.8 Å². The molecule has 7 heteroatoms. The number of ether oxygens (including phenoxy) is 2. The van der Waals surface area contributed by atoms with Crippen LogP contribution in [-0.2, 0) is 0 Å². The van der Waals surface area contributed by atoms with Crippen LogP contribution in [0.3, 0.4) is 0 Å². The van der Waals surface area contributed by atoms with E-state index in [-0.39, 0.29) is 5.56 Å². The first-order chi connectivity index (χ1) is 10.0. The molecule has 0 aliphatic heterocycles. The quantitative estimate of drug-likeness (QED) is 0.769. The molecule has 0 saturated heterocycles. The number of rotatable bonds is 5. The molecule has 21 heavy (non-hydrogen) atoms. The molecule has 0 unspecified atom stereocenters. The molecule has 0 spiro atoms. The van der Waals surface area contributed by atoms with Gasteiger partial charge in [-0.3, -0.25) is 4.79 Å². The fourth-order valence-electron chi connectivity index (χ4n) is 1.82. The minimum Gasteiger partial charge on any atom is -0.493 e. The van der Waals surface area contributed by atoms with E-state index < -0.39 is 5.91 Å². The number of nitrogen functional groups attached to an aromatic ring is 1. The summed E-state index contributed by atoms with van der Waals surface area (Å²) >= 11 is 0. The number of anilines is 3. The maximum absolute atomic E-state index is 11.4. The molecule has 0 aliphatic rings. The van der Waals surface area contributed by atoms with Crippen molar-refractivity contribution in [3.8, 4) is 11.5 Å². The zero-order valence-electron chi connectivity index (χ0n) is 11.7. The number of nitrogens with zero attached hydrogens (tertiary/aromatic N) is 1. The van der Waals surface area contributed by atoms with Gasteiger partial charge < -0.3 is 26.3 Å². The van der Waals surface area contributed by atoms with E-state index in [2.05, 4.69) is 10.3 Å². The molecule has 0 aliphatic carbocycles. The van der Waals surface area contributed by atoms with E-state index in [1.165, 1.54) is 19.4 Å². The van der Waals surface area contributed by atoms with Crippen molar-refractivity contribution in [1.82, 2.24) is 4.98 Å². The molecule has 1 heterocycles. The summed E-state index contributed by atoms with van der Waals surface area (Å²) in [5, 5.41) is 3.00. The Labute approximate surface area is 121 Å². The molecule has 7 nitrogen and oxygen atoms in total. The maximum atomic E-state index is 11.4. The topological polar surface area (TPSA) is 112 Å². The number of aromatic nitrogens is 1. The van der Waals surface area contributed by atoms with Crippen molar-refractivity contribution in [3.05, 3.63) is 36.0 Å². The van der Waals surface area contributed by atoms with Crippen LogP contribution < -0.4 is 26.3 Å². The Hall–Kier alpha value is -2.96. The molecule has 0 saturated carbocycles. The van der Waals surface area contributed by atoms with E-state index in [1.807, 2.05) is 0 Å². The molecule has 0 bridgehead atoms. The number of nitrogens with one attached hydrogen (secondary N) is 1. The van der Waals surface area contributed by atoms with Crippen LogP contribution in [0.25, 0.3) is 0 Å². The van der Waals surface area contributed by atoms with E-state index in [0.717, 1.165) is 0 Å². The Balaban J connectivity index is 2.36. The van der Waals surface area contributed by atoms with Crippen molar-refractivity contribution in [2.45, 2.75) is 0 Å². The Morgan fingerprint density at radius 1 is 1.19 bits per heavy atom. The smallest absolute Gasteiger partial charge is 0.252 e.